The van der Waals surface area contributed by atoms with E-state index in [-0.39, 0.29) is 23.4 Å². The molecule has 184 valence electrons. The molecule has 0 bridgehead atoms. The fourth-order valence-electron chi connectivity index (χ4n) is 4.09. The van der Waals surface area contributed by atoms with E-state index in [1.807, 2.05) is 88.4 Å². The number of hydrogen-bond donors (Lipinski definition) is 0. The Morgan fingerprint density at radius 2 is 1.75 bits per heavy atom. The molecule has 0 N–H and O–H groups in total. The molecule has 1 heterocycles. The molecule has 0 aliphatic heterocycles. The van der Waals surface area contributed by atoms with Crippen molar-refractivity contribution in [2.24, 2.45) is 5.41 Å². The number of aryl methyl sites for hydroxylation is 2. The topological polar surface area (TPSA) is 56.3 Å². The number of carbonyl (C=O) groups excluding carboxylic acids is 2. The van der Waals surface area contributed by atoms with Crippen LogP contribution < -0.4 is 4.74 Å². The van der Waals surface area contributed by atoms with Crippen LogP contribution in [0.4, 0.5) is 0 Å². The third kappa shape index (κ3) is 6.00. The minimum Gasteiger partial charge on any atom is -0.457 e. The number of carbonyl (C=O) groups is 2. The van der Waals surface area contributed by atoms with E-state index < -0.39 is 0 Å². The zero-order valence-electron chi connectivity index (χ0n) is 21.1. The normalized spacial score (nSPS) is 11.5. The summed E-state index contributed by atoms with van der Waals surface area (Å²) in [4.78, 5) is 30.2. The van der Waals surface area contributed by atoms with E-state index in [1.165, 1.54) is 0 Å². The number of Topliss-reactive ketones (excluding diaryl/α,β-unsaturated/α-hetero) is 2. The largest absolute Gasteiger partial charge is 0.457 e. The maximum atomic E-state index is 13.3. The Morgan fingerprint density at radius 3 is 2.50 bits per heavy atom. The van der Waals surface area contributed by atoms with Gasteiger partial charge in [-0.3, -0.25) is 14.6 Å². The molecule has 0 radical (unpaired) electrons. The summed E-state index contributed by atoms with van der Waals surface area (Å²) in [6, 6.07) is 20.9. The molecule has 0 aliphatic carbocycles. The lowest BCUT2D eigenvalue weighted by Crippen LogP contribution is -2.20. The lowest BCUT2D eigenvalue weighted by molar-refractivity contribution is -0.126. The van der Waals surface area contributed by atoms with Crippen molar-refractivity contribution in [1.82, 2.24) is 4.98 Å². The molecule has 0 spiro atoms. The standard InChI is InChI=1S/C31H30ClNO3/c1-20-7-5-9-23(17-20)36-28-15-16-33-30-22(8-6-10-24(28)30)19-27(34)25-18-21(11-13-26(25)32)12-14-29(35)31(2,3)4/h5-11,13,15-18H,12,14,19H2,1-4H3. The molecule has 0 aliphatic rings. The van der Waals surface area contributed by atoms with E-state index in [9.17, 15) is 9.59 Å². The van der Waals surface area contributed by atoms with Gasteiger partial charge in [0.25, 0.3) is 0 Å². The SMILES string of the molecule is Cc1cccc(Oc2ccnc3c(CC(=O)c4cc(CCC(=O)C(C)(C)C)ccc4Cl)cccc23)c1. The van der Waals surface area contributed by atoms with Crippen LogP contribution in [0.15, 0.2) is 72.9 Å². The van der Waals surface area contributed by atoms with Crippen LogP contribution in [-0.2, 0) is 17.6 Å². The van der Waals surface area contributed by atoms with Crippen LogP contribution in [0.5, 0.6) is 11.5 Å². The average molecular weight is 500 g/mol. The van der Waals surface area contributed by atoms with Gasteiger partial charge in [-0.1, -0.05) is 62.7 Å². The molecule has 4 rings (SSSR count). The van der Waals surface area contributed by atoms with Crippen molar-refractivity contribution in [3.05, 3.63) is 100 Å². The van der Waals surface area contributed by atoms with Crippen molar-refractivity contribution >= 4 is 34.1 Å². The number of rotatable bonds is 8. The first-order valence-electron chi connectivity index (χ1n) is 12.1. The summed E-state index contributed by atoms with van der Waals surface area (Å²) in [7, 11) is 0. The molecule has 4 aromatic rings. The quantitative estimate of drug-likeness (QED) is 0.231. The Kier molecular flexibility index (Phi) is 7.56. The summed E-state index contributed by atoms with van der Waals surface area (Å²) in [6.45, 7) is 7.77. The lowest BCUT2D eigenvalue weighted by Gasteiger charge is -2.16. The Balaban J connectivity index is 1.57. The zero-order valence-corrected chi connectivity index (χ0v) is 21.9. The fraction of sp³-hybridized carbons (Fsp3) is 0.258. The van der Waals surface area contributed by atoms with E-state index in [1.54, 1.807) is 12.3 Å². The summed E-state index contributed by atoms with van der Waals surface area (Å²) >= 11 is 6.42. The predicted molar refractivity (Wildman–Crippen MR) is 145 cm³/mol. The molecule has 5 heteroatoms. The summed E-state index contributed by atoms with van der Waals surface area (Å²) in [6.07, 6.45) is 2.85. The van der Waals surface area contributed by atoms with Crippen molar-refractivity contribution in [2.75, 3.05) is 0 Å². The Labute approximate surface area is 217 Å². The number of para-hydroxylation sites is 1. The van der Waals surface area contributed by atoms with Crippen LogP contribution in [0.3, 0.4) is 0 Å². The van der Waals surface area contributed by atoms with Crippen LogP contribution in [0, 0.1) is 12.3 Å². The fourth-order valence-corrected chi connectivity index (χ4v) is 4.31. The molecule has 4 nitrogen and oxygen atoms in total. The number of ketones is 2. The molecule has 36 heavy (non-hydrogen) atoms. The van der Waals surface area contributed by atoms with Gasteiger partial charge in [0.05, 0.1) is 10.5 Å². The first kappa shape index (κ1) is 25.6. The van der Waals surface area contributed by atoms with E-state index in [4.69, 9.17) is 16.3 Å². The third-order valence-electron chi connectivity index (χ3n) is 6.19. The lowest BCUT2D eigenvalue weighted by atomic mass is 9.87. The Hall–Kier alpha value is -3.50. The highest BCUT2D eigenvalue weighted by atomic mass is 35.5. The average Bonchev–Trinajstić information content (AvgIpc) is 2.83. The van der Waals surface area contributed by atoms with Crippen molar-refractivity contribution in [1.29, 1.82) is 0 Å². The number of hydrogen-bond acceptors (Lipinski definition) is 4. The second-order valence-electron chi connectivity index (χ2n) is 10.1. The summed E-state index contributed by atoms with van der Waals surface area (Å²) < 4.78 is 6.15. The third-order valence-corrected chi connectivity index (χ3v) is 6.52. The second-order valence-corrected chi connectivity index (χ2v) is 10.5. The molecule has 1 aromatic heterocycles. The predicted octanol–water partition coefficient (Wildman–Crippen LogP) is 7.96. The van der Waals surface area contributed by atoms with Gasteiger partial charge in [0.2, 0.25) is 0 Å². The summed E-state index contributed by atoms with van der Waals surface area (Å²) in [5, 5.41) is 1.24. The monoisotopic (exact) mass is 499 g/mol. The van der Waals surface area contributed by atoms with Gasteiger partial charge in [-0.05, 0) is 66.4 Å². The van der Waals surface area contributed by atoms with Crippen molar-refractivity contribution in [3.8, 4) is 11.5 Å². The van der Waals surface area contributed by atoms with E-state index in [0.29, 0.717) is 29.2 Å². The number of nitrogens with zero attached hydrogens (tertiary/aromatic N) is 1. The van der Waals surface area contributed by atoms with Gasteiger partial charge in [0.1, 0.15) is 17.3 Å². The number of pyridine rings is 1. The highest BCUT2D eigenvalue weighted by molar-refractivity contribution is 6.34. The number of ether oxygens (including phenoxy) is 1. The smallest absolute Gasteiger partial charge is 0.168 e. The van der Waals surface area contributed by atoms with Crippen LogP contribution in [0.1, 0.15) is 54.2 Å². The van der Waals surface area contributed by atoms with Gasteiger partial charge in [-0.15, -0.1) is 0 Å². The molecule has 3 aromatic carbocycles. The Bertz CT molecular complexity index is 1440. The molecule has 0 fully saturated rings. The van der Waals surface area contributed by atoms with Gasteiger partial charge in [0, 0.05) is 35.4 Å². The minimum atomic E-state index is -0.381. The molecule has 0 saturated heterocycles. The molecule has 0 atom stereocenters. The maximum absolute atomic E-state index is 13.3. The van der Waals surface area contributed by atoms with E-state index in [2.05, 4.69) is 4.98 Å². The summed E-state index contributed by atoms with van der Waals surface area (Å²) in [5.41, 5.74) is 3.63. The number of benzene rings is 3. The first-order valence-corrected chi connectivity index (χ1v) is 12.5. The van der Waals surface area contributed by atoms with Crippen LogP contribution in [0.2, 0.25) is 5.02 Å². The van der Waals surface area contributed by atoms with E-state index in [0.717, 1.165) is 33.3 Å². The highest BCUT2D eigenvalue weighted by Gasteiger charge is 2.21. The van der Waals surface area contributed by atoms with Crippen molar-refractivity contribution in [2.45, 2.75) is 47.0 Å². The maximum Gasteiger partial charge on any atom is 0.168 e. The molecule has 0 saturated carbocycles. The minimum absolute atomic E-state index is 0.0942. The van der Waals surface area contributed by atoms with Gasteiger partial charge >= 0.3 is 0 Å². The number of aromatic nitrogens is 1. The first-order chi connectivity index (χ1) is 17.1. The molecule has 0 unspecified atom stereocenters. The number of halogens is 1. The Morgan fingerprint density at radius 1 is 0.972 bits per heavy atom. The van der Waals surface area contributed by atoms with Crippen LogP contribution >= 0.6 is 11.6 Å². The highest BCUT2D eigenvalue weighted by Crippen LogP contribution is 2.31. The summed E-state index contributed by atoms with van der Waals surface area (Å²) in [5.74, 6) is 1.53. The molecular weight excluding hydrogens is 470 g/mol. The van der Waals surface area contributed by atoms with Crippen LogP contribution in [0.25, 0.3) is 10.9 Å². The molecule has 0 amide bonds. The zero-order chi connectivity index (χ0) is 25.9. The van der Waals surface area contributed by atoms with Crippen LogP contribution in [-0.4, -0.2) is 16.6 Å². The van der Waals surface area contributed by atoms with Gasteiger partial charge in [0.15, 0.2) is 5.78 Å². The number of fused-ring (bicyclic) bond motifs is 1. The van der Waals surface area contributed by atoms with Crippen molar-refractivity contribution < 1.29 is 14.3 Å². The van der Waals surface area contributed by atoms with E-state index >= 15 is 0 Å². The second kappa shape index (κ2) is 10.6. The van der Waals surface area contributed by atoms with Gasteiger partial charge < -0.3 is 4.74 Å². The van der Waals surface area contributed by atoms with Crippen molar-refractivity contribution in [3.63, 3.8) is 0 Å². The van der Waals surface area contributed by atoms with Gasteiger partial charge in [-0.2, -0.15) is 0 Å². The van der Waals surface area contributed by atoms with Gasteiger partial charge in [-0.25, -0.2) is 0 Å². The molecular formula is C31H30ClNO3.